The van der Waals surface area contributed by atoms with Crippen LogP contribution in [-0.2, 0) is 11.0 Å². The summed E-state index contributed by atoms with van der Waals surface area (Å²) in [5.74, 6) is 0. The Morgan fingerprint density at radius 2 is 2.60 bits per heavy atom. The molecule has 2 unspecified atom stereocenters. The van der Waals surface area contributed by atoms with Crippen molar-refractivity contribution in [2.45, 2.75) is 17.7 Å². The normalized spacial score (nSPS) is 43.0. The topological polar surface area (TPSA) is 53.8 Å². The molecule has 10 heavy (non-hydrogen) atoms. The molecule has 1 aliphatic heterocycles. The number of nitrogens with zero attached hydrogens (tertiary/aromatic N) is 2. The Morgan fingerprint density at radius 1 is 1.70 bits per heavy atom. The van der Waals surface area contributed by atoms with Crippen molar-refractivity contribution in [2.24, 2.45) is 10.3 Å². The monoisotopic (exact) mass is 157 g/mol. The van der Waals surface area contributed by atoms with Gasteiger partial charge in [-0.05, 0) is 18.9 Å². The van der Waals surface area contributed by atoms with Gasteiger partial charge in [0.1, 0.15) is 0 Å². The van der Waals surface area contributed by atoms with Crippen LogP contribution in [0.2, 0.25) is 0 Å². The smallest absolute Gasteiger partial charge is 0.197 e. The lowest BCUT2D eigenvalue weighted by molar-refractivity contribution is 0.637. The molecule has 0 aromatic carbocycles. The van der Waals surface area contributed by atoms with Gasteiger partial charge in [0.25, 0.3) is 0 Å². The molecule has 0 bridgehead atoms. The van der Waals surface area contributed by atoms with Crippen molar-refractivity contribution in [1.29, 1.82) is 0 Å². The fourth-order valence-electron chi connectivity index (χ4n) is 1.14. The third-order valence-corrected chi connectivity index (χ3v) is 3.02. The summed E-state index contributed by atoms with van der Waals surface area (Å²) in [6.07, 6.45) is 5.62. The summed E-state index contributed by atoms with van der Waals surface area (Å²) in [5.41, 5.74) is 0. The molecule has 5 heteroatoms. The standard InChI is InChI=1S/C5H7N3OS/c9-10-5(6-7-8-10)3-1-2-4-5/h1,3H,2,4H2,(H,6,8). The van der Waals surface area contributed by atoms with Gasteiger partial charge < -0.3 is 0 Å². The predicted molar refractivity (Wildman–Crippen MR) is 37.2 cm³/mol. The van der Waals surface area contributed by atoms with E-state index in [0.29, 0.717) is 0 Å². The second-order valence-electron chi connectivity index (χ2n) is 2.35. The predicted octanol–water partition coefficient (Wildman–Crippen LogP) is 0.667. The molecule has 1 N–H and O–H groups in total. The Labute approximate surface area is 61.0 Å². The third-order valence-electron chi connectivity index (χ3n) is 1.71. The minimum atomic E-state index is -1.13. The third kappa shape index (κ3) is 0.636. The van der Waals surface area contributed by atoms with Crippen LogP contribution in [0.4, 0.5) is 0 Å². The lowest BCUT2D eigenvalue weighted by Gasteiger charge is -2.10. The molecule has 0 amide bonds. The van der Waals surface area contributed by atoms with Crippen LogP contribution in [0.3, 0.4) is 0 Å². The summed E-state index contributed by atoms with van der Waals surface area (Å²) < 4.78 is 11.2. The summed E-state index contributed by atoms with van der Waals surface area (Å²) in [6.45, 7) is 0. The first kappa shape index (κ1) is 6.03. The maximum absolute atomic E-state index is 11.2. The van der Waals surface area contributed by atoms with E-state index >= 15 is 0 Å². The first-order valence-corrected chi connectivity index (χ1v) is 4.26. The molecule has 2 atom stereocenters. The highest BCUT2D eigenvalue weighted by molar-refractivity contribution is 7.84. The van der Waals surface area contributed by atoms with E-state index < -0.39 is 15.9 Å². The second-order valence-corrected chi connectivity index (χ2v) is 3.77. The van der Waals surface area contributed by atoms with Crippen LogP contribution >= 0.6 is 0 Å². The first-order valence-electron chi connectivity index (χ1n) is 3.11. The minimum absolute atomic E-state index is 0.514. The maximum Gasteiger partial charge on any atom is 0.197 e. The van der Waals surface area contributed by atoms with Crippen LogP contribution in [-0.4, -0.2) is 9.08 Å². The van der Waals surface area contributed by atoms with Crippen LogP contribution in [0.15, 0.2) is 22.5 Å². The molecule has 0 saturated heterocycles. The number of nitrogens with one attached hydrogen (secondary N) is 1. The van der Waals surface area contributed by atoms with Crippen LogP contribution in [0.1, 0.15) is 12.8 Å². The quantitative estimate of drug-likeness (QED) is 0.516. The Hall–Kier alpha value is -0.710. The molecule has 0 radical (unpaired) electrons. The van der Waals surface area contributed by atoms with Gasteiger partial charge in [-0.25, -0.2) is 9.04 Å². The molecule has 0 aromatic heterocycles. The molecule has 54 valence electrons. The summed E-state index contributed by atoms with van der Waals surface area (Å²) >= 11 is 0. The Bertz CT molecular complexity index is 233. The van der Waals surface area contributed by atoms with Crippen molar-refractivity contribution < 1.29 is 4.21 Å². The van der Waals surface area contributed by atoms with Gasteiger partial charge in [-0.15, -0.1) is 5.11 Å². The highest BCUT2D eigenvalue weighted by Gasteiger charge is 2.40. The zero-order chi connectivity index (χ0) is 7.03. The summed E-state index contributed by atoms with van der Waals surface area (Å²) in [5, 5.41) is 7.40. The summed E-state index contributed by atoms with van der Waals surface area (Å²) in [4.78, 5) is 1.92. The van der Waals surface area contributed by atoms with E-state index in [4.69, 9.17) is 0 Å². The van der Waals surface area contributed by atoms with E-state index in [-0.39, 0.29) is 0 Å². The van der Waals surface area contributed by atoms with E-state index in [1.54, 1.807) is 0 Å². The van der Waals surface area contributed by atoms with Crippen molar-refractivity contribution >= 4 is 11.0 Å². The maximum atomic E-state index is 11.2. The second kappa shape index (κ2) is 1.88. The van der Waals surface area contributed by atoms with Gasteiger partial charge in [0.15, 0.2) is 15.9 Å². The fourth-order valence-corrected chi connectivity index (χ4v) is 2.05. The molecule has 4 nitrogen and oxygen atoms in total. The zero-order valence-electron chi connectivity index (χ0n) is 5.28. The number of allylic oxidation sites excluding steroid dienone is 1. The molecular weight excluding hydrogens is 150 g/mol. The lowest BCUT2D eigenvalue weighted by Crippen LogP contribution is -2.27. The number of rotatable bonds is 0. The molecule has 0 fully saturated rings. The average Bonchev–Trinajstić information content (AvgIpc) is 2.48. The molecule has 2 aliphatic rings. The number of hydrogen-bond donors (Lipinski definition) is 1. The van der Waals surface area contributed by atoms with Crippen molar-refractivity contribution in [3.05, 3.63) is 12.2 Å². The van der Waals surface area contributed by atoms with E-state index in [1.807, 2.05) is 12.2 Å². The molecule has 0 aromatic rings. The van der Waals surface area contributed by atoms with E-state index in [0.717, 1.165) is 12.8 Å². The number of hydrogen-bond acceptors (Lipinski definition) is 3. The van der Waals surface area contributed by atoms with E-state index in [2.05, 4.69) is 15.2 Å². The van der Waals surface area contributed by atoms with Crippen molar-refractivity contribution in [1.82, 2.24) is 4.83 Å². The molecular formula is C5H7N3OS. The SMILES string of the molecule is O=S1NN=NC12C=CCC2. The minimum Gasteiger partial charge on any atom is -0.232 e. The summed E-state index contributed by atoms with van der Waals surface area (Å²) in [6, 6.07) is 0. The van der Waals surface area contributed by atoms with E-state index in [9.17, 15) is 4.21 Å². The van der Waals surface area contributed by atoms with Crippen molar-refractivity contribution in [3.8, 4) is 0 Å². The van der Waals surface area contributed by atoms with Gasteiger partial charge in [0.2, 0.25) is 0 Å². The van der Waals surface area contributed by atoms with Gasteiger partial charge in [0.05, 0.1) is 0 Å². The highest BCUT2D eigenvalue weighted by atomic mass is 32.2. The molecule has 0 saturated carbocycles. The van der Waals surface area contributed by atoms with Gasteiger partial charge in [0, 0.05) is 0 Å². The fraction of sp³-hybridized carbons (Fsp3) is 0.600. The van der Waals surface area contributed by atoms with Gasteiger partial charge in [-0.2, -0.15) is 0 Å². The van der Waals surface area contributed by atoms with Gasteiger partial charge in [-0.1, -0.05) is 11.3 Å². The van der Waals surface area contributed by atoms with Crippen LogP contribution in [0.25, 0.3) is 0 Å². The first-order chi connectivity index (χ1) is 4.83. The molecule has 2 rings (SSSR count). The Balaban J connectivity index is 2.36. The Kier molecular flexibility index (Phi) is 1.14. The molecule has 1 aliphatic carbocycles. The average molecular weight is 157 g/mol. The molecule has 1 spiro atoms. The highest BCUT2D eigenvalue weighted by Crippen LogP contribution is 2.32. The zero-order valence-corrected chi connectivity index (χ0v) is 6.10. The van der Waals surface area contributed by atoms with E-state index in [1.165, 1.54) is 0 Å². The van der Waals surface area contributed by atoms with Crippen LogP contribution in [0.5, 0.6) is 0 Å². The van der Waals surface area contributed by atoms with Crippen molar-refractivity contribution in [2.75, 3.05) is 0 Å². The molecule has 1 heterocycles. The van der Waals surface area contributed by atoms with Gasteiger partial charge in [-0.3, -0.25) is 0 Å². The van der Waals surface area contributed by atoms with Crippen molar-refractivity contribution in [3.63, 3.8) is 0 Å². The van der Waals surface area contributed by atoms with Crippen LogP contribution in [0, 0.1) is 0 Å². The lowest BCUT2D eigenvalue weighted by atomic mass is 10.3. The van der Waals surface area contributed by atoms with Gasteiger partial charge >= 0.3 is 0 Å². The summed E-state index contributed by atoms with van der Waals surface area (Å²) in [7, 11) is -1.13. The largest absolute Gasteiger partial charge is 0.232 e. The van der Waals surface area contributed by atoms with Crippen LogP contribution < -0.4 is 4.83 Å². The Morgan fingerprint density at radius 3 is 3.10 bits per heavy atom.